The lowest BCUT2D eigenvalue weighted by molar-refractivity contribution is 0.306. The first-order chi connectivity index (χ1) is 10.2. The molecule has 0 unspecified atom stereocenters. The van der Waals surface area contributed by atoms with Gasteiger partial charge < -0.3 is 10.5 Å². The molecule has 0 saturated heterocycles. The van der Waals surface area contributed by atoms with Gasteiger partial charge >= 0.3 is 0 Å². The summed E-state index contributed by atoms with van der Waals surface area (Å²) in [7, 11) is 0. The molecule has 0 aliphatic heterocycles. The van der Waals surface area contributed by atoms with Crippen LogP contribution in [0.5, 0.6) is 5.75 Å². The average Bonchev–Trinajstić information content (AvgIpc) is 2.94. The standard InChI is InChI=1S/C16H13ClN2OS/c17-14-4-2-1-3-12(14)9-20-13-7-5-11(6-8-13)15-10-21-16(18)19-15/h1-8,10H,9H2,(H2,18,19). The highest BCUT2D eigenvalue weighted by molar-refractivity contribution is 7.13. The Morgan fingerprint density at radius 3 is 2.52 bits per heavy atom. The van der Waals surface area contributed by atoms with Gasteiger partial charge in [0.15, 0.2) is 5.13 Å². The van der Waals surface area contributed by atoms with E-state index in [-0.39, 0.29) is 0 Å². The Morgan fingerprint density at radius 1 is 1.10 bits per heavy atom. The molecule has 0 amide bonds. The van der Waals surface area contributed by atoms with Gasteiger partial charge in [-0.2, -0.15) is 0 Å². The number of thiazole rings is 1. The third-order valence-corrected chi connectivity index (χ3v) is 4.07. The number of nitrogens with zero attached hydrogens (tertiary/aromatic N) is 1. The van der Waals surface area contributed by atoms with Crippen LogP contribution in [0.4, 0.5) is 5.13 Å². The average molecular weight is 317 g/mol. The van der Waals surface area contributed by atoms with Crippen LogP contribution in [0.25, 0.3) is 11.3 Å². The van der Waals surface area contributed by atoms with Crippen LogP contribution in [0, 0.1) is 0 Å². The summed E-state index contributed by atoms with van der Waals surface area (Å²) in [4.78, 5) is 4.25. The second kappa shape index (κ2) is 6.16. The molecule has 5 heteroatoms. The van der Waals surface area contributed by atoms with E-state index in [2.05, 4.69) is 4.98 Å². The minimum atomic E-state index is 0.447. The maximum Gasteiger partial charge on any atom is 0.180 e. The Balaban J connectivity index is 1.69. The smallest absolute Gasteiger partial charge is 0.180 e. The maximum atomic E-state index is 6.10. The lowest BCUT2D eigenvalue weighted by Crippen LogP contribution is -1.95. The summed E-state index contributed by atoms with van der Waals surface area (Å²) in [6.07, 6.45) is 0. The first-order valence-corrected chi connectivity index (χ1v) is 7.66. The molecule has 0 fully saturated rings. The quantitative estimate of drug-likeness (QED) is 0.763. The van der Waals surface area contributed by atoms with Crippen molar-refractivity contribution in [3.63, 3.8) is 0 Å². The van der Waals surface area contributed by atoms with E-state index in [0.717, 1.165) is 22.6 Å². The largest absolute Gasteiger partial charge is 0.489 e. The third-order valence-electron chi connectivity index (χ3n) is 3.02. The molecule has 0 spiro atoms. The molecule has 0 atom stereocenters. The molecule has 0 saturated carbocycles. The molecule has 2 aromatic carbocycles. The first kappa shape index (κ1) is 13.9. The predicted molar refractivity (Wildman–Crippen MR) is 87.7 cm³/mol. The number of halogens is 1. The summed E-state index contributed by atoms with van der Waals surface area (Å²) in [5.41, 5.74) is 8.52. The number of anilines is 1. The summed E-state index contributed by atoms with van der Waals surface area (Å²) < 4.78 is 5.74. The number of hydrogen-bond donors (Lipinski definition) is 1. The van der Waals surface area contributed by atoms with Crippen molar-refractivity contribution in [2.24, 2.45) is 0 Å². The molecule has 0 bridgehead atoms. The fraction of sp³-hybridized carbons (Fsp3) is 0.0625. The van der Waals surface area contributed by atoms with E-state index in [9.17, 15) is 0 Å². The number of nitrogens with two attached hydrogens (primary N) is 1. The molecular formula is C16H13ClN2OS. The molecule has 2 N–H and O–H groups in total. The van der Waals surface area contributed by atoms with E-state index in [1.165, 1.54) is 11.3 Å². The van der Waals surface area contributed by atoms with Crippen molar-refractivity contribution in [1.82, 2.24) is 4.98 Å². The fourth-order valence-corrected chi connectivity index (χ4v) is 2.68. The molecule has 0 radical (unpaired) electrons. The van der Waals surface area contributed by atoms with Crippen molar-refractivity contribution in [2.75, 3.05) is 5.73 Å². The molecule has 106 valence electrons. The van der Waals surface area contributed by atoms with Gasteiger partial charge in [0.1, 0.15) is 12.4 Å². The van der Waals surface area contributed by atoms with Crippen LogP contribution in [-0.2, 0) is 6.61 Å². The van der Waals surface area contributed by atoms with Crippen molar-refractivity contribution in [1.29, 1.82) is 0 Å². The van der Waals surface area contributed by atoms with Gasteiger partial charge in [-0.25, -0.2) is 4.98 Å². The van der Waals surface area contributed by atoms with Gasteiger partial charge in [-0.15, -0.1) is 11.3 Å². The van der Waals surface area contributed by atoms with E-state index in [4.69, 9.17) is 22.1 Å². The summed E-state index contributed by atoms with van der Waals surface area (Å²) in [5.74, 6) is 0.793. The SMILES string of the molecule is Nc1nc(-c2ccc(OCc3ccccc3Cl)cc2)cs1. The van der Waals surface area contributed by atoms with E-state index in [1.54, 1.807) is 0 Å². The van der Waals surface area contributed by atoms with Crippen LogP contribution in [-0.4, -0.2) is 4.98 Å². The number of hydrogen-bond acceptors (Lipinski definition) is 4. The highest BCUT2D eigenvalue weighted by Crippen LogP contribution is 2.25. The predicted octanol–water partition coefficient (Wildman–Crippen LogP) is 4.62. The van der Waals surface area contributed by atoms with Gasteiger partial charge in [-0.05, 0) is 30.3 Å². The van der Waals surface area contributed by atoms with Gasteiger partial charge in [-0.1, -0.05) is 29.8 Å². The minimum Gasteiger partial charge on any atom is -0.489 e. The van der Waals surface area contributed by atoms with Crippen LogP contribution in [0.3, 0.4) is 0 Å². The summed E-state index contributed by atoms with van der Waals surface area (Å²) in [6, 6.07) is 15.4. The number of benzene rings is 2. The minimum absolute atomic E-state index is 0.447. The fourth-order valence-electron chi connectivity index (χ4n) is 1.92. The Kier molecular flexibility index (Phi) is 4.08. The van der Waals surface area contributed by atoms with Gasteiger partial charge in [0.25, 0.3) is 0 Å². The zero-order valence-electron chi connectivity index (χ0n) is 11.1. The molecule has 21 heavy (non-hydrogen) atoms. The molecule has 3 rings (SSSR count). The molecule has 3 aromatic rings. The number of aromatic nitrogens is 1. The van der Waals surface area contributed by atoms with Crippen LogP contribution in [0.15, 0.2) is 53.9 Å². The van der Waals surface area contributed by atoms with Gasteiger partial charge in [-0.3, -0.25) is 0 Å². The summed E-state index contributed by atoms with van der Waals surface area (Å²) in [5, 5.41) is 3.23. The third kappa shape index (κ3) is 3.35. The normalized spacial score (nSPS) is 10.5. The number of rotatable bonds is 4. The lowest BCUT2D eigenvalue weighted by Gasteiger charge is -2.08. The van der Waals surface area contributed by atoms with E-state index < -0.39 is 0 Å². The summed E-state index contributed by atoms with van der Waals surface area (Å²) >= 11 is 7.53. The second-order valence-electron chi connectivity index (χ2n) is 4.48. The first-order valence-electron chi connectivity index (χ1n) is 6.40. The Labute approximate surface area is 132 Å². The van der Waals surface area contributed by atoms with E-state index in [1.807, 2.05) is 53.9 Å². The maximum absolute atomic E-state index is 6.10. The topological polar surface area (TPSA) is 48.1 Å². The van der Waals surface area contributed by atoms with Crippen molar-refractivity contribution in [2.45, 2.75) is 6.61 Å². The highest BCUT2D eigenvalue weighted by Gasteiger charge is 2.04. The Morgan fingerprint density at radius 2 is 1.86 bits per heavy atom. The van der Waals surface area contributed by atoms with Crippen LogP contribution >= 0.6 is 22.9 Å². The zero-order chi connectivity index (χ0) is 14.7. The zero-order valence-corrected chi connectivity index (χ0v) is 12.7. The highest BCUT2D eigenvalue weighted by atomic mass is 35.5. The van der Waals surface area contributed by atoms with E-state index >= 15 is 0 Å². The van der Waals surface area contributed by atoms with Crippen molar-refractivity contribution in [3.05, 3.63) is 64.5 Å². The van der Waals surface area contributed by atoms with Crippen molar-refractivity contribution < 1.29 is 4.74 Å². The number of ether oxygens (including phenoxy) is 1. The Hall–Kier alpha value is -2.04. The molecule has 0 aliphatic rings. The van der Waals surface area contributed by atoms with Gasteiger partial charge in [0.2, 0.25) is 0 Å². The van der Waals surface area contributed by atoms with Gasteiger partial charge in [0, 0.05) is 21.5 Å². The van der Waals surface area contributed by atoms with Crippen LogP contribution in [0.2, 0.25) is 5.02 Å². The monoisotopic (exact) mass is 316 g/mol. The van der Waals surface area contributed by atoms with E-state index in [0.29, 0.717) is 16.8 Å². The molecule has 1 heterocycles. The summed E-state index contributed by atoms with van der Waals surface area (Å²) in [6.45, 7) is 0.447. The van der Waals surface area contributed by atoms with Crippen molar-refractivity contribution in [3.8, 4) is 17.0 Å². The molecule has 0 aliphatic carbocycles. The van der Waals surface area contributed by atoms with Crippen LogP contribution in [0.1, 0.15) is 5.56 Å². The number of nitrogen functional groups attached to an aromatic ring is 1. The lowest BCUT2D eigenvalue weighted by atomic mass is 10.2. The molecule has 1 aromatic heterocycles. The Bertz CT molecular complexity index is 740. The van der Waals surface area contributed by atoms with Crippen molar-refractivity contribution >= 4 is 28.1 Å². The molecule has 3 nitrogen and oxygen atoms in total. The second-order valence-corrected chi connectivity index (χ2v) is 5.77. The van der Waals surface area contributed by atoms with Gasteiger partial charge in [0.05, 0.1) is 5.69 Å². The molecular weight excluding hydrogens is 304 g/mol. The van der Waals surface area contributed by atoms with Crippen LogP contribution < -0.4 is 10.5 Å².